The number of carbonyl (C=O) groups excluding carboxylic acids is 1. The van der Waals surface area contributed by atoms with E-state index in [1.54, 1.807) is 17.0 Å². The van der Waals surface area contributed by atoms with Crippen LogP contribution in [0.25, 0.3) is 0 Å². The molecule has 1 atom stereocenters. The highest BCUT2D eigenvalue weighted by molar-refractivity contribution is 6.11. The van der Waals surface area contributed by atoms with E-state index >= 15 is 0 Å². The molecule has 3 aliphatic heterocycles. The Morgan fingerprint density at radius 1 is 1.00 bits per heavy atom. The highest BCUT2D eigenvalue weighted by atomic mass is 16.7. The quantitative estimate of drug-likeness (QED) is 0.287. The molecule has 0 bridgehead atoms. The number of nitrogens with two attached hydrogens (primary N) is 1. The molecule has 6 rings (SSSR count). The molecule has 0 radical (unpaired) electrons. The van der Waals surface area contributed by atoms with Crippen molar-refractivity contribution in [1.82, 2.24) is 0 Å². The Balaban J connectivity index is 1.45. The molecular formula is C24H19N3O5. The van der Waals surface area contributed by atoms with Gasteiger partial charge in [0.15, 0.2) is 17.3 Å². The number of amidine groups is 1. The molecule has 3 aromatic rings. The lowest BCUT2D eigenvalue weighted by Crippen LogP contribution is -2.42. The third-order valence-corrected chi connectivity index (χ3v) is 6.31. The first-order valence-corrected chi connectivity index (χ1v) is 10.2. The molecule has 0 aliphatic carbocycles. The second-order valence-electron chi connectivity index (χ2n) is 7.99. The number of anilines is 1. The lowest BCUT2D eigenvalue weighted by Gasteiger charge is -2.23. The molecule has 0 aromatic heterocycles. The fourth-order valence-electron chi connectivity index (χ4n) is 4.79. The van der Waals surface area contributed by atoms with Crippen LogP contribution >= 0.6 is 0 Å². The molecule has 0 saturated heterocycles. The summed E-state index contributed by atoms with van der Waals surface area (Å²) in [5.41, 5.74) is 8.76. The summed E-state index contributed by atoms with van der Waals surface area (Å²) in [6, 6.07) is 18.7. The Kier molecular flexibility index (Phi) is 3.86. The minimum atomic E-state index is -0.948. The van der Waals surface area contributed by atoms with Gasteiger partial charge < -0.3 is 30.1 Å². The topological polar surface area (TPSA) is 107 Å². The van der Waals surface area contributed by atoms with E-state index in [0.29, 0.717) is 29.4 Å². The molecular weight excluding hydrogens is 410 g/mol. The van der Waals surface area contributed by atoms with Crippen LogP contribution in [0, 0.1) is 0 Å². The van der Waals surface area contributed by atoms with Crippen molar-refractivity contribution in [2.45, 2.75) is 12.0 Å². The first-order chi connectivity index (χ1) is 15.6. The van der Waals surface area contributed by atoms with Crippen LogP contribution in [0.15, 0.2) is 65.8 Å². The van der Waals surface area contributed by atoms with E-state index in [4.69, 9.17) is 25.2 Å². The molecule has 1 spiro atoms. The second-order valence-corrected chi connectivity index (χ2v) is 7.99. The lowest BCUT2D eigenvalue weighted by molar-refractivity contribution is -0.122. The maximum absolute atomic E-state index is 14.0. The molecule has 3 heterocycles. The normalized spacial score (nSPS) is 20.4. The van der Waals surface area contributed by atoms with Gasteiger partial charge in [-0.1, -0.05) is 41.6 Å². The molecule has 0 fully saturated rings. The number of para-hydroxylation sites is 1. The van der Waals surface area contributed by atoms with Crippen LogP contribution in [0.4, 0.5) is 5.69 Å². The van der Waals surface area contributed by atoms with Crippen LogP contribution < -0.4 is 24.8 Å². The van der Waals surface area contributed by atoms with Crippen LogP contribution in [0.1, 0.15) is 22.3 Å². The van der Waals surface area contributed by atoms with Gasteiger partial charge in [-0.25, -0.2) is 0 Å². The average Bonchev–Trinajstić information content (AvgIpc) is 3.50. The molecule has 3 aromatic carbocycles. The molecule has 1 unspecified atom stereocenters. The van der Waals surface area contributed by atoms with Gasteiger partial charge in [0.05, 0.1) is 6.54 Å². The van der Waals surface area contributed by atoms with Gasteiger partial charge in [-0.2, -0.15) is 0 Å². The smallest absolute Gasteiger partial charge is 0.246 e. The first-order valence-electron chi connectivity index (χ1n) is 10.2. The van der Waals surface area contributed by atoms with Gasteiger partial charge >= 0.3 is 0 Å². The lowest BCUT2D eigenvalue weighted by atomic mass is 9.77. The zero-order valence-corrected chi connectivity index (χ0v) is 16.9. The molecule has 32 heavy (non-hydrogen) atoms. The summed E-state index contributed by atoms with van der Waals surface area (Å²) in [7, 11) is 0. The number of benzene rings is 3. The summed E-state index contributed by atoms with van der Waals surface area (Å²) in [5, 5.41) is 12.1. The second kappa shape index (κ2) is 6.65. The van der Waals surface area contributed by atoms with Gasteiger partial charge in [0.25, 0.3) is 0 Å². The molecule has 3 aliphatic rings. The van der Waals surface area contributed by atoms with E-state index in [-0.39, 0.29) is 25.1 Å². The number of oxime groups is 1. The van der Waals surface area contributed by atoms with Gasteiger partial charge in [0.1, 0.15) is 17.8 Å². The fourth-order valence-corrected chi connectivity index (χ4v) is 4.79. The zero-order valence-electron chi connectivity index (χ0n) is 16.9. The highest BCUT2D eigenvalue weighted by Crippen LogP contribution is 2.55. The number of rotatable bonds is 3. The van der Waals surface area contributed by atoms with Crippen LogP contribution in [-0.4, -0.2) is 30.3 Å². The van der Waals surface area contributed by atoms with Crippen molar-refractivity contribution in [2.75, 3.05) is 18.3 Å². The summed E-state index contributed by atoms with van der Waals surface area (Å²) in [6.07, 6.45) is 0. The van der Waals surface area contributed by atoms with Gasteiger partial charge in [0, 0.05) is 22.9 Å². The Hall–Kier alpha value is -4.20. The standard InChI is InChI=1S/C24H19N3O5/c25-22(26-29)15-5-3-4-14(8-15)11-27-18-7-2-1-6-16(18)24(23(27)28)12-30-19-10-21-20(9-17(19)24)31-13-32-21/h1-10,29H,11-13H2,(H2,25,26). The Labute approximate surface area is 183 Å². The number of ether oxygens (including phenoxy) is 3. The van der Waals surface area contributed by atoms with E-state index in [1.807, 2.05) is 48.5 Å². The number of hydrogen-bond donors (Lipinski definition) is 2. The van der Waals surface area contributed by atoms with E-state index in [9.17, 15) is 4.79 Å². The van der Waals surface area contributed by atoms with Gasteiger partial charge in [-0.3, -0.25) is 4.79 Å². The monoisotopic (exact) mass is 429 g/mol. The minimum Gasteiger partial charge on any atom is -0.491 e. The summed E-state index contributed by atoms with van der Waals surface area (Å²) in [6.45, 7) is 0.699. The van der Waals surface area contributed by atoms with Crippen molar-refractivity contribution in [3.8, 4) is 17.2 Å². The minimum absolute atomic E-state index is 0.0191. The van der Waals surface area contributed by atoms with Crippen LogP contribution in [-0.2, 0) is 16.8 Å². The Bertz CT molecular complexity index is 1300. The first kappa shape index (κ1) is 18.6. The van der Waals surface area contributed by atoms with E-state index < -0.39 is 5.41 Å². The maximum atomic E-state index is 14.0. The van der Waals surface area contributed by atoms with Crippen LogP contribution in [0.2, 0.25) is 0 Å². The number of nitrogens with zero attached hydrogens (tertiary/aromatic N) is 2. The summed E-state index contributed by atoms with van der Waals surface area (Å²) < 4.78 is 17.1. The molecule has 8 nitrogen and oxygen atoms in total. The third kappa shape index (κ3) is 2.43. The number of hydrogen-bond acceptors (Lipinski definition) is 6. The molecule has 3 N–H and O–H groups in total. The summed E-state index contributed by atoms with van der Waals surface area (Å²) >= 11 is 0. The van der Waals surface area contributed by atoms with Crippen LogP contribution in [0.3, 0.4) is 0 Å². The Morgan fingerprint density at radius 2 is 1.81 bits per heavy atom. The third-order valence-electron chi connectivity index (χ3n) is 6.31. The molecule has 0 saturated carbocycles. The van der Waals surface area contributed by atoms with E-state index in [1.165, 1.54) is 0 Å². The molecule has 8 heteroatoms. The van der Waals surface area contributed by atoms with Crippen molar-refractivity contribution < 1.29 is 24.2 Å². The van der Waals surface area contributed by atoms with Gasteiger partial charge in [0.2, 0.25) is 12.7 Å². The van der Waals surface area contributed by atoms with Crippen molar-refractivity contribution >= 4 is 17.4 Å². The summed E-state index contributed by atoms with van der Waals surface area (Å²) in [5.74, 6) is 1.82. The molecule has 160 valence electrons. The Morgan fingerprint density at radius 3 is 2.66 bits per heavy atom. The largest absolute Gasteiger partial charge is 0.491 e. The SMILES string of the molecule is N/C(=N\O)c1cccc(CN2C(=O)C3(COc4cc5c(cc43)OCO5)c3ccccc32)c1. The van der Waals surface area contributed by atoms with Crippen molar-refractivity contribution in [2.24, 2.45) is 10.9 Å². The fraction of sp³-hybridized carbons (Fsp3) is 0.167. The van der Waals surface area contributed by atoms with Gasteiger partial charge in [-0.05, 0) is 29.3 Å². The van der Waals surface area contributed by atoms with E-state index in [0.717, 1.165) is 22.4 Å². The molecule has 1 amide bonds. The van der Waals surface area contributed by atoms with Crippen molar-refractivity contribution in [3.05, 3.63) is 82.9 Å². The number of amides is 1. The zero-order chi connectivity index (χ0) is 21.9. The summed E-state index contributed by atoms with van der Waals surface area (Å²) in [4.78, 5) is 15.8. The van der Waals surface area contributed by atoms with Gasteiger partial charge in [-0.15, -0.1) is 0 Å². The predicted octanol–water partition coefficient (Wildman–Crippen LogP) is 2.74. The highest BCUT2D eigenvalue weighted by Gasteiger charge is 2.57. The van der Waals surface area contributed by atoms with E-state index in [2.05, 4.69) is 5.16 Å². The van der Waals surface area contributed by atoms with Crippen molar-refractivity contribution in [3.63, 3.8) is 0 Å². The number of carbonyl (C=O) groups is 1. The average molecular weight is 429 g/mol. The predicted molar refractivity (Wildman–Crippen MR) is 115 cm³/mol. The van der Waals surface area contributed by atoms with Crippen molar-refractivity contribution in [1.29, 1.82) is 0 Å². The maximum Gasteiger partial charge on any atom is 0.246 e. The number of fused-ring (bicyclic) bond motifs is 5. The van der Waals surface area contributed by atoms with Crippen LogP contribution in [0.5, 0.6) is 17.2 Å².